The molecule has 3 heterocycles. The van der Waals surface area contributed by atoms with Crippen LogP contribution >= 0.6 is 0 Å². The molecule has 2 aliphatic heterocycles. The summed E-state index contributed by atoms with van der Waals surface area (Å²) in [7, 11) is 1.86. The lowest BCUT2D eigenvalue weighted by Crippen LogP contribution is -2.63. The zero-order valence-corrected chi connectivity index (χ0v) is 22.8. The summed E-state index contributed by atoms with van der Waals surface area (Å²) in [6, 6.07) is 17.3. The first kappa shape index (κ1) is 27.9. The molecule has 1 amide bonds. The number of hydrogen-bond acceptors (Lipinski definition) is 7. The van der Waals surface area contributed by atoms with E-state index in [-0.39, 0.29) is 5.57 Å². The number of nitriles is 1. The van der Waals surface area contributed by atoms with Crippen LogP contribution in [0, 0.1) is 11.3 Å². The Morgan fingerprint density at radius 1 is 1.05 bits per heavy atom. The van der Waals surface area contributed by atoms with E-state index < -0.39 is 36.6 Å². The quantitative estimate of drug-likeness (QED) is 0.277. The molecule has 2 saturated heterocycles. The van der Waals surface area contributed by atoms with Crippen molar-refractivity contribution in [2.75, 3.05) is 18.0 Å². The molecule has 9 nitrogen and oxygen atoms in total. The number of anilines is 1. The normalized spacial score (nSPS) is 25.6. The molecule has 5 atom stereocenters. The van der Waals surface area contributed by atoms with Crippen molar-refractivity contribution in [1.82, 2.24) is 9.88 Å². The highest BCUT2D eigenvalue weighted by atomic mass is 16.6. The van der Waals surface area contributed by atoms with Gasteiger partial charge in [0.25, 0.3) is 5.91 Å². The van der Waals surface area contributed by atoms with Crippen LogP contribution < -0.4 is 10.2 Å². The number of amides is 1. The maximum Gasteiger partial charge on any atom is 0.262 e. The smallest absolute Gasteiger partial charge is 0.262 e. The summed E-state index contributed by atoms with van der Waals surface area (Å²) >= 11 is 0. The number of nitrogens with zero attached hydrogens (tertiary/aromatic N) is 3. The zero-order chi connectivity index (χ0) is 28.4. The number of benzene rings is 2. The van der Waals surface area contributed by atoms with Gasteiger partial charge in [-0.05, 0) is 78.4 Å². The molecule has 40 heavy (non-hydrogen) atoms. The minimum absolute atomic E-state index is 0.206. The number of nitrogens with one attached hydrogen (secondary N) is 1. The third kappa shape index (κ3) is 5.49. The Kier molecular flexibility index (Phi) is 8.24. The first-order chi connectivity index (χ1) is 19.3. The molecule has 9 heteroatoms. The Labute approximate surface area is 233 Å². The first-order valence-corrected chi connectivity index (χ1v) is 13.9. The SMILES string of the molecule is CC[C@H]1OC(O)[C@H](NC(=O)/C(C#N)=C/c2ccc(-c3ccc4cc(N5CCCCC5)ccc4c3)n2C)[C@@H](O)[C@@H]1O. The van der Waals surface area contributed by atoms with Gasteiger partial charge in [0.2, 0.25) is 0 Å². The minimum Gasteiger partial charge on any atom is -0.388 e. The highest BCUT2D eigenvalue weighted by molar-refractivity contribution is 6.02. The predicted molar refractivity (Wildman–Crippen MR) is 153 cm³/mol. The summed E-state index contributed by atoms with van der Waals surface area (Å²) in [5, 5.41) is 45.4. The van der Waals surface area contributed by atoms with E-state index >= 15 is 0 Å². The topological polar surface area (TPSA) is 131 Å². The highest BCUT2D eigenvalue weighted by Gasteiger charge is 2.44. The molecule has 2 aliphatic rings. The van der Waals surface area contributed by atoms with Crippen molar-refractivity contribution in [2.45, 2.75) is 63.3 Å². The van der Waals surface area contributed by atoms with E-state index in [1.165, 1.54) is 36.4 Å². The third-order valence-electron chi connectivity index (χ3n) is 8.08. The molecule has 0 radical (unpaired) electrons. The number of rotatable bonds is 6. The predicted octanol–water partition coefficient (Wildman–Crippen LogP) is 3.08. The molecule has 3 aromatic rings. The largest absolute Gasteiger partial charge is 0.388 e. The molecule has 5 rings (SSSR count). The molecule has 0 bridgehead atoms. The third-order valence-corrected chi connectivity index (χ3v) is 8.08. The second-order valence-electron chi connectivity index (χ2n) is 10.6. The lowest BCUT2D eigenvalue weighted by Gasteiger charge is -2.40. The van der Waals surface area contributed by atoms with Crippen LogP contribution in [0.3, 0.4) is 0 Å². The van der Waals surface area contributed by atoms with Crippen LogP contribution in [0.1, 0.15) is 38.3 Å². The lowest BCUT2D eigenvalue weighted by atomic mass is 9.95. The highest BCUT2D eigenvalue weighted by Crippen LogP contribution is 2.30. The van der Waals surface area contributed by atoms with Crippen molar-refractivity contribution in [3.8, 4) is 17.3 Å². The van der Waals surface area contributed by atoms with Gasteiger partial charge in [-0.25, -0.2) is 0 Å². The van der Waals surface area contributed by atoms with Crippen LogP contribution in [-0.4, -0.2) is 69.5 Å². The fourth-order valence-corrected chi connectivity index (χ4v) is 5.67. The van der Waals surface area contributed by atoms with Crippen LogP contribution in [0.5, 0.6) is 0 Å². The second-order valence-corrected chi connectivity index (χ2v) is 10.6. The molecular formula is C31H36N4O5. The van der Waals surface area contributed by atoms with E-state index in [2.05, 4.69) is 46.6 Å². The van der Waals surface area contributed by atoms with E-state index in [0.717, 1.165) is 29.7 Å². The number of carbonyl (C=O) groups is 1. The zero-order valence-electron chi connectivity index (χ0n) is 22.8. The van der Waals surface area contributed by atoms with Crippen LogP contribution in [0.15, 0.2) is 54.1 Å². The van der Waals surface area contributed by atoms with Crippen molar-refractivity contribution in [2.24, 2.45) is 7.05 Å². The van der Waals surface area contributed by atoms with Gasteiger partial charge in [-0.3, -0.25) is 4.79 Å². The second kappa shape index (κ2) is 11.8. The van der Waals surface area contributed by atoms with Crippen molar-refractivity contribution in [1.29, 1.82) is 5.26 Å². The summed E-state index contributed by atoms with van der Waals surface area (Å²) in [5.74, 6) is -0.783. The van der Waals surface area contributed by atoms with E-state index in [1.807, 2.05) is 29.8 Å². The van der Waals surface area contributed by atoms with Crippen LogP contribution in [-0.2, 0) is 16.6 Å². The summed E-state index contributed by atoms with van der Waals surface area (Å²) in [5.41, 5.74) is 3.62. The Morgan fingerprint density at radius 3 is 2.50 bits per heavy atom. The Morgan fingerprint density at radius 2 is 1.77 bits per heavy atom. The molecule has 210 valence electrons. The monoisotopic (exact) mass is 544 g/mol. The van der Waals surface area contributed by atoms with Gasteiger partial charge in [-0.1, -0.05) is 25.1 Å². The number of hydrogen-bond donors (Lipinski definition) is 4. The van der Waals surface area contributed by atoms with Gasteiger partial charge in [-0.15, -0.1) is 0 Å². The molecular weight excluding hydrogens is 508 g/mol. The van der Waals surface area contributed by atoms with Gasteiger partial charge in [0.15, 0.2) is 6.29 Å². The average molecular weight is 545 g/mol. The summed E-state index contributed by atoms with van der Waals surface area (Å²) in [6.45, 7) is 3.95. The van der Waals surface area contributed by atoms with Crippen LogP contribution in [0.25, 0.3) is 28.1 Å². The molecule has 0 spiro atoms. The molecule has 1 unspecified atom stereocenters. The van der Waals surface area contributed by atoms with Gasteiger partial charge in [0.1, 0.15) is 29.9 Å². The number of piperidine rings is 1. The summed E-state index contributed by atoms with van der Waals surface area (Å²) < 4.78 is 7.22. The average Bonchev–Trinajstić information content (AvgIpc) is 3.35. The van der Waals surface area contributed by atoms with E-state index in [9.17, 15) is 25.4 Å². The van der Waals surface area contributed by atoms with Gasteiger partial charge >= 0.3 is 0 Å². The van der Waals surface area contributed by atoms with Crippen molar-refractivity contribution in [3.63, 3.8) is 0 Å². The van der Waals surface area contributed by atoms with E-state index in [1.54, 1.807) is 6.92 Å². The molecule has 2 aromatic carbocycles. The van der Waals surface area contributed by atoms with Crippen LogP contribution in [0.2, 0.25) is 0 Å². The van der Waals surface area contributed by atoms with Gasteiger partial charge in [0.05, 0.1) is 6.10 Å². The van der Waals surface area contributed by atoms with Crippen molar-refractivity contribution < 1.29 is 24.9 Å². The number of aromatic nitrogens is 1. The maximum absolute atomic E-state index is 12.9. The fraction of sp³-hybridized carbons (Fsp3) is 0.419. The first-order valence-electron chi connectivity index (χ1n) is 13.9. The number of aliphatic hydroxyl groups is 3. The number of carbonyl (C=O) groups excluding carboxylic acids is 1. The number of fused-ring (bicyclic) bond motifs is 1. The Hall–Kier alpha value is -3.68. The summed E-state index contributed by atoms with van der Waals surface area (Å²) in [6.07, 6.45) is 0.619. The van der Waals surface area contributed by atoms with E-state index in [0.29, 0.717) is 12.1 Å². The Bertz CT molecular complexity index is 1450. The van der Waals surface area contributed by atoms with Gasteiger partial charge in [-0.2, -0.15) is 5.26 Å². The van der Waals surface area contributed by atoms with Crippen molar-refractivity contribution in [3.05, 3.63) is 59.8 Å². The van der Waals surface area contributed by atoms with Crippen molar-refractivity contribution >= 4 is 28.4 Å². The standard InChI is InChI=1S/C31H36N4O5/c1-3-26-28(36)29(37)27(31(39)40-26)33-30(38)22(18-32)17-23-11-12-25(34(23)2)21-8-7-20-16-24(10-9-19(20)15-21)35-13-5-4-6-14-35/h7-12,15-17,26-29,31,36-37,39H,3-6,13-14H2,1-2H3,(H,33,38)/b22-17+/t26-,27-,28-,29-,31?/m1/s1. The lowest BCUT2D eigenvalue weighted by molar-refractivity contribution is -0.247. The number of ether oxygens (including phenoxy) is 1. The van der Waals surface area contributed by atoms with Gasteiger partial charge < -0.3 is 34.8 Å². The molecule has 4 N–H and O–H groups in total. The Balaban J connectivity index is 1.34. The minimum atomic E-state index is -1.52. The summed E-state index contributed by atoms with van der Waals surface area (Å²) in [4.78, 5) is 15.3. The molecule has 0 aliphatic carbocycles. The van der Waals surface area contributed by atoms with Gasteiger partial charge in [0, 0.05) is 37.2 Å². The molecule has 2 fully saturated rings. The van der Waals surface area contributed by atoms with E-state index in [4.69, 9.17) is 4.74 Å². The maximum atomic E-state index is 12.9. The molecule has 0 saturated carbocycles. The molecule has 1 aromatic heterocycles. The number of aliphatic hydroxyl groups excluding tert-OH is 3. The van der Waals surface area contributed by atoms with Crippen LogP contribution in [0.4, 0.5) is 5.69 Å². The fourth-order valence-electron chi connectivity index (χ4n) is 5.67.